The van der Waals surface area contributed by atoms with Gasteiger partial charge in [0.05, 0.1) is 6.61 Å². The molecule has 0 atom stereocenters. The highest BCUT2D eigenvalue weighted by atomic mass is 16.5. The van der Waals surface area contributed by atoms with E-state index in [0.29, 0.717) is 6.42 Å². The molecule has 0 aliphatic heterocycles. The van der Waals surface area contributed by atoms with Gasteiger partial charge in [-0.25, -0.2) is 0 Å². The Bertz CT molecular complexity index is 440. The largest absolute Gasteiger partial charge is 0.380 e. The van der Waals surface area contributed by atoms with Crippen molar-refractivity contribution < 1.29 is 9.53 Å². The fraction of sp³-hybridized carbons (Fsp3) is 0.588. The van der Waals surface area contributed by atoms with Crippen molar-refractivity contribution in [3.05, 3.63) is 35.4 Å². The van der Waals surface area contributed by atoms with E-state index >= 15 is 0 Å². The number of carbonyl (C=O) groups is 1. The highest BCUT2D eigenvalue weighted by molar-refractivity contribution is 5.97. The summed E-state index contributed by atoms with van der Waals surface area (Å²) < 4.78 is 5.61. The van der Waals surface area contributed by atoms with Crippen LogP contribution in [0.25, 0.3) is 0 Å². The van der Waals surface area contributed by atoms with Gasteiger partial charge in [0.25, 0.3) is 0 Å². The number of nitrogens with zero attached hydrogens (tertiary/aromatic N) is 1. The number of ether oxygens (including phenoxy) is 1. The van der Waals surface area contributed by atoms with Crippen LogP contribution in [0.2, 0.25) is 0 Å². The Morgan fingerprint density at radius 2 is 2.05 bits per heavy atom. The molecule has 0 radical (unpaired) electrons. The first kappa shape index (κ1) is 15.2. The molecule has 0 aromatic heterocycles. The Kier molecular flexibility index (Phi) is 5.74. The highest BCUT2D eigenvalue weighted by Crippen LogP contribution is 2.28. The molecule has 0 bridgehead atoms. The number of Topliss-reactive ketones (excluding diaryl/α,β-unsaturated/α-hetero) is 1. The van der Waals surface area contributed by atoms with Crippen molar-refractivity contribution in [1.29, 1.82) is 0 Å². The van der Waals surface area contributed by atoms with Crippen LogP contribution in [0.15, 0.2) is 24.3 Å². The maximum Gasteiger partial charge on any atom is 0.164 e. The maximum absolute atomic E-state index is 12.1. The zero-order valence-electron chi connectivity index (χ0n) is 12.6. The van der Waals surface area contributed by atoms with Crippen LogP contribution < -0.4 is 0 Å². The first-order valence-electron chi connectivity index (χ1n) is 7.52. The Labute approximate surface area is 121 Å². The SMILES string of the molecule is Cc1ccccc1C(=O)CCN(C)CCOCC1CC1. The van der Waals surface area contributed by atoms with Gasteiger partial charge in [-0.15, -0.1) is 0 Å². The molecule has 0 saturated heterocycles. The van der Waals surface area contributed by atoms with Crippen molar-refractivity contribution in [3.63, 3.8) is 0 Å². The number of rotatable bonds is 9. The third kappa shape index (κ3) is 5.06. The lowest BCUT2D eigenvalue weighted by Gasteiger charge is -2.16. The van der Waals surface area contributed by atoms with Crippen LogP contribution in [0.4, 0.5) is 0 Å². The summed E-state index contributed by atoms with van der Waals surface area (Å²) in [5.74, 6) is 1.05. The molecule has 110 valence electrons. The van der Waals surface area contributed by atoms with Gasteiger partial charge >= 0.3 is 0 Å². The summed E-state index contributed by atoms with van der Waals surface area (Å²) in [6.07, 6.45) is 3.24. The van der Waals surface area contributed by atoms with Crippen molar-refractivity contribution in [2.75, 3.05) is 33.4 Å². The van der Waals surface area contributed by atoms with Crippen molar-refractivity contribution in [2.24, 2.45) is 5.92 Å². The molecule has 0 unspecified atom stereocenters. The number of hydrogen-bond donors (Lipinski definition) is 0. The molecule has 1 aliphatic rings. The van der Waals surface area contributed by atoms with E-state index in [4.69, 9.17) is 4.74 Å². The molecular weight excluding hydrogens is 250 g/mol. The lowest BCUT2D eigenvalue weighted by Crippen LogP contribution is -2.26. The molecule has 1 aromatic carbocycles. The summed E-state index contributed by atoms with van der Waals surface area (Å²) >= 11 is 0. The minimum absolute atomic E-state index is 0.230. The molecule has 0 spiro atoms. The molecular formula is C17H25NO2. The van der Waals surface area contributed by atoms with Gasteiger partial charge in [-0.1, -0.05) is 24.3 Å². The normalized spacial score (nSPS) is 14.8. The van der Waals surface area contributed by atoms with Crippen LogP contribution in [0.3, 0.4) is 0 Å². The van der Waals surface area contributed by atoms with Gasteiger partial charge < -0.3 is 9.64 Å². The summed E-state index contributed by atoms with van der Waals surface area (Å²) in [7, 11) is 2.05. The lowest BCUT2D eigenvalue weighted by molar-refractivity contribution is 0.0917. The number of aryl methyl sites for hydroxylation is 1. The van der Waals surface area contributed by atoms with Gasteiger partial charge in [0.1, 0.15) is 0 Å². The summed E-state index contributed by atoms with van der Waals surface area (Å²) in [5, 5.41) is 0. The quantitative estimate of drug-likeness (QED) is 0.512. The zero-order valence-corrected chi connectivity index (χ0v) is 12.6. The topological polar surface area (TPSA) is 29.5 Å². The summed E-state index contributed by atoms with van der Waals surface area (Å²) in [6, 6.07) is 7.80. The van der Waals surface area contributed by atoms with E-state index in [0.717, 1.165) is 43.3 Å². The van der Waals surface area contributed by atoms with E-state index in [2.05, 4.69) is 4.90 Å². The van der Waals surface area contributed by atoms with Gasteiger partial charge in [0.15, 0.2) is 5.78 Å². The first-order valence-corrected chi connectivity index (χ1v) is 7.52. The monoisotopic (exact) mass is 275 g/mol. The average molecular weight is 275 g/mol. The van der Waals surface area contributed by atoms with Gasteiger partial charge in [0, 0.05) is 31.7 Å². The molecule has 2 rings (SSSR count). The van der Waals surface area contributed by atoms with E-state index in [1.54, 1.807) is 0 Å². The Hall–Kier alpha value is -1.19. The standard InChI is InChI=1S/C17H25NO2/c1-14-5-3-4-6-16(14)17(19)9-10-18(2)11-12-20-13-15-7-8-15/h3-6,15H,7-13H2,1-2H3. The second kappa shape index (κ2) is 7.55. The second-order valence-corrected chi connectivity index (χ2v) is 5.81. The Balaban J connectivity index is 1.63. The van der Waals surface area contributed by atoms with Crippen LogP contribution in [0.1, 0.15) is 35.2 Å². The molecule has 1 saturated carbocycles. The smallest absolute Gasteiger partial charge is 0.164 e. The second-order valence-electron chi connectivity index (χ2n) is 5.81. The number of benzene rings is 1. The number of likely N-dealkylation sites (N-methyl/N-ethyl adjacent to an activating group) is 1. The fourth-order valence-electron chi connectivity index (χ4n) is 2.18. The van der Waals surface area contributed by atoms with Gasteiger partial charge in [-0.3, -0.25) is 4.79 Å². The Morgan fingerprint density at radius 1 is 1.30 bits per heavy atom. The van der Waals surface area contributed by atoms with E-state index in [1.165, 1.54) is 12.8 Å². The van der Waals surface area contributed by atoms with Gasteiger partial charge in [-0.05, 0) is 38.3 Å². The Morgan fingerprint density at radius 3 is 2.75 bits per heavy atom. The van der Waals surface area contributed by atoms with Crippen LogP contribution in [-0.2, 0) is 4.74 Å². The molecule has 1 aromatic rings. The highest BCUT2D eigenvalue weighted by Gasteiger charge is 2.20. The molecule has 20 heavy (non-hydrogen) atoms. The molecule has 1 aliphatic carbocycles. The third-order valence-corrected chi connectivity index (χ3v) is 3.83. The number of carbonyl (C=O) groups excluding carboxylic acids is 1. The molecule has 3 nitrogen and oxygen atoms in total. The molecule has 1 fully saturated rings. The molecule has 0 amide bonds. The summed E-state index contributed by atoms with van der Waals surface area (Å²) in [6.45, 7) is 5.36. The van der Waals surface area contributed by atoms with Crippen LogP contribution in [0.5, 0.6) is 0 Å². The first-order chi connectivity index (χ1) is 9.66. The minimum Gasteiger partial charge on any atom is -0.380 e. The average Bonchev–Trinajstić information content (AvgIpc) is 3.25. The van der Waals surface area contributed by atoms with E-state index in [1.807, 2.05) is 38.2 Å². The van der Waals surface area contributed by atoms with E-state index in [-0.39, 0.29) is 5.78 Å². The van der Waals surface area contributed by atoms with Crippen molar-refractivity contribution in [1.82, 2.24) is 4.90 Å². The number of ketones is 1. The number of hydrogen-bond acceptors (Lipinski definition) is 3. The van der Waals surface area contributed by atoms with E-state index < -0.39 is 0 Å². The van der Waals surface area contributed by atoms with Crippen LogP contribution in [0, 0.1) is 12.8 Å². The van der Waals surface area contributed by atoms with Crippen molar-refractivity contribution >= 4 is 5.78 Å². The third-order valence-electron chi connectivity index (χ3n) is 3.83. The maximum atomic E-state index is 12.1. The van der Waals surface area contributed by atoms with Crippen LogP contribution in [-0.4, -0.2) is 44.0 Å². The summed E-state index contributed by atoms with van der Waals surface area (Å²) in [4.78, 5) is 14.3. The minimum atomic E-state index is 0.230. The molecule has 0 heterocycles. The van der Waals surface area contributed by atoms with E-state index in [9.17, 15) is 4.79 Å². The van der Waals surface area contributed by atoms with Crippen LogP contribution >= 0.6 is 0 Å². The van der Waals surface area contributed by atoms with Gasteiger partial charge in [-0.2, -0.15) is 0 Å². The van der Waals surface area contributed by atoms with Gasteiger partial charge in [0.2, 0.25) is 0 Å². The molecule has 0 N–H and O–H groups in total. The predicted molar refractivity (Wildman–Crippen MR) is 81.2 cm³/mol. The zero-order chi connectivity index (χ0) is 14.4. The van der Waals surface area contributed by atoms with Crippen molar-refractivity contribution in [3.8, 4) is 0 Å². The van der Waals surface area contributed by atoms with Crippen molar-refractivity contribution in [2.45, 2.75) is 26.2 Å². The lowest BCUT2D eigenvalue weighted by atomic mass is 10.0. The molecule has 3 heteroatoms. The predicted octanol–water partition coefficient (Wildman–Crippen LogP) is 2.93. The summed E-state index contributed by atoms with van der Waals surface area (Å²) in [5.41, 5.74) is 1.92. The fourth-order valence-corrected chi connectivity index (χ4v) is 2.18.